The maximum absolute atomic E-state index is 12.5. The molecule has 128 valence electrons. The molecular weight excluding hydrogens is 312 g/mol. The number of hydrogen-bond donors (Lipinski definition) is 1. The maximum atomic E-state index is 12.5. The first-order chi connectivity index (χ1) is 10.9. The lowest BCUT2D eigenvalue weighted by molar-refractivity contribution is 0.0635. The molecule has 1 N–H and O–H groups in total. The molecule has 23 heavy (non-hydrogen) atoms. The smallest absolute Gasteiger partial charge is 0.254 e. The van der Waals surface area contributed by atoms with E-state index in [1.165, 1.54) is 6.42 Å². The SMILES string of the molecule is CCCS(=O)(=O)NCc1ccc(C(=O)N2CCCC[C@H]2C)cc1. The molecule has 1 fully saturated rings. The summed E-state index contributed by atoms with van der Waals surface area (Å²) in [5, 5.41) is 0. The van der Waals surface area contributed by atoms with Crippen LogP contribution in [0.1, 0.15) is 55.5 Å². The van der Waals surface area contributed by atoms with Crippen molar-refractivity contribution in [2.45, 2.75) is 52.1 Å². The van der Waals surface area contributed by atoms with Crippen LogP contribution < -0.4 is 4.72 Å². The van der Waals surface area contributed by atoms with Gasteiger partial charge in [0.25, 0.3) is 5.91 Å². The van der Waals surface area contributed by atoms with E-state index in [0.717, 1.165) is 24.9 Å². The average Bonchev–Trinajstić information content (AvgIpc) is 2.53. The molecule has 0 aliphatic carbocycles. The number of hydrogen-bond acceptors (Lipinski definition) is 3. The molecule has 0 spiro atoms. The van der Waals surface area contributed by atoms with Crippen LogP contribution in [0.3, 0.4) is 0 Å². The molecular formula is C17H26N2O3S. The molecule has 0 unspecified atom stereocenters. The number of nitrogens with one attached hydrogen (secondary N) is 1. The van der Waals surface area contributed by atoms with E-state index in [1.54, 1.807) is 12.1 Å². The van der Waals surface area contributed by atoms with Gasteiger partial charge in [-0.15, -0.1) is 0 Å². The topological polar surface area (TPSA) is 66.5 Å². The Bertz CT molecular complexity index is 626. The van der Waals surface area contributed by atoms with Crippen LogP contribution >= 0.6 is 0 Å². The zero-order valence-corrected chi connectivity index (χ0v) is 14.7. The summed E-state index contributed by atoms with van der Waals surface area (Å²) >= 11 is 0. The lowest BCUT2D eigenvalue weighted by Crippen LogP contribution is -2.42. The number of nitrogens with zero attached hydrogens (tertiary/aromatic N) is 1. The van der Waals surface area contributed by atoms with Gasteiger partial charge < -0.3 is 4.90 Å². The average molecular weight is 338 g/mol. The third-order valence-electron chi connectivity index (χ3n) is 4.23. The van der Waals surface area contributed by atoms with Crippen molar-refractivity contribution in [3.05, 3.63) is 35.4 Å². The molecule has 1 aromatic rings. The summed E-state index contributed by atoms with van der Waals surface area (Å²) in [6.45, 7) is 5.00. The monoisotopic (exact) mass is 338 g/mol. The van der Waals surface area contributed by atoms with Crippen molar-refractivity contribution in [1.29, 1.82) is 0 Å². The van der Waals surface area contributed by atoms with Crippen molar-refractivity contribution in [2.75, 3.05) is 12.3 Å². The lowest BCUT2D eigenvalue weighted by atomic mass is 10.0. The molecule has 0 aromatic heterocycles. The van der Waals surface area contributed by atoms with Crippen LogP contribution in [0.15, 0.2) is 24.3 Å². The molecule has 1 heterocycles. The van der Waals surface area contributed by atoms with Crippen LogP contribution in [-0.2, 0) is 16.6 Å². The predicted octanol–water partition coefficient (Wildman–Crippen LogP) is 2.53. The fourth-order valence-corrected chi connectivity index (χ4v) is 3.93. The number of likely N-dealkylation sites (tertiary alicyclic amines) is 1. The highest BCUT2D eigenvalue weighted by Crippen LogP contribution is 2.19. The van der Waals surface area contributed by atoms with Gasteiger partial charge in [0.2, 0.25) is 10.0 Å². The Labute approximate surface area is 139 Å². The Morgan fingerprint density at radius 3 is 2.57 bits per heavy atom. The van der Waals surface area contributed by atoms with Crippen molar-refractivity contribution in [1.82, 2.24) is 9.62 Å². The van der Waals surface area contributed by atoms with Gasteiger partial charge in [0.15, 0.2) is 0 Å². The number of amides is 1. The van der Waals surface area contributed by atoms with E-state index in [0.29, 0.717) is 12.0 Å². The Kier molecular flexibility index (Phi) is 6.18. The maximum Gasteiger partial charge on any atom is 0.254 e. The Hall–Kier alpha value is -1.40. The van der Waals surface area contributed by atoms with E-state index < -0.39 is 10.0 Å². The Morgan fingerprint density at radius 1 is 1.26 bits per heavy atom. The van der Waals surface area contributed by atoms with Crippen molar-refractivity contribution in [3.8, 4) is 0 Å². The Balaban J connectivity index is 1.97. The van der Waals surface area contributed by atoms with Crippen LogP contribution in [0.25, 0.3) is 0 Å². The molecule has 1 atom stereocenters. The molecule has 0 radical (unpaired) electrons. The van der Waals surface area contributed by atoms with Crippen molar-refractivity contribution < 1.29 is 13.2 Å². The first-order valence-electron chi connectivity index (χ1n) is 8.30. The third-order valence-corrected chi connectivity index (χ3v) is 5.76. The largest absolute Gasteiger partial charge is 0.336 e. The van der Waals surface area contributed by atoms with E-state index in [9.17, 15) is 13.2 Å². The summed E-state index contributed by atoms with van der Waals surface area (Å²) in [4.78, 5) is 14.5. The number of rotatable bonds is 6. The number of carbonyl (C=O) groups is 1. The highest BCUT2D eigenvalue weighted by Gasteiger charge is 2.24. The second kappa shape index (κ2) is 7.93. The van der Waals surface area contributed by atoms with Crippen LogP contribution in [0, 0.1) is 0 Å². The first-order valence-corrected chi connectivity index (χ1v) is 9.95. The second-order valence-electron chi connectivity index (χ2n) is 6.18. The van der Waals surface area contributed by atoms with Gasteiger partial charge in [-0.3, -0.25) is 4.79 Å². The standard InChI is InChI=1S/C17H26N2O3S/c1-3-12-23(21,22)18-13-15-7-9-16(10-8-15)17(20)19-11-5-4-6-14(19)2/h7-10,14,18H,3-6,11-13H2,1-2H3/t14-/m1/s1. The summed E-state index contributed by atoms with van der Waals surface area (Å²) < 4.78 is 25.9. The van der Waals surface area contributed by atoms with Crippen LogP contribution in [0.2, 0.25) is 0 Å². The van der Waals surface area contributed by atoms with Gasteiger partial charge in [-0.25, -0.2) is 13.1 Å². The van der Waals surface area contributed by atoms with Crippen molar-refractivity contribution in [3.63, 3.8) is 0 Å². The quantitative estimate of drug-likeness (QED) is 0.867. The molecule has 1 aliphatic rings. The number of benzene rings is 1. The van der Waals surface area contributed by atoms with Gasteiger partial charge in [-0.2, -0.15) is 0 Å². The molecule has 2 rings (SSSR count). The number of sulfonamides is 1. The van der Waals surface area contributed by atoms with Gasteiger partial charge in [0.1, 0.15) is 0 Å². The lowest BCUT2D eigenvalue weighted by Gasteiger charge is -2.33. The summed E-state index contributed by atoms with van der Waals surface area (Å²) in [6, 6.07) is 7.49. The molecule has 1 aromatic carbocycles. The zero-order chi connectivity index (χ0) is 16.9. The van der Waals surface area contributed by atoms with E-state index >= 15 is 0 Å². The molecule has 1 amide bonds. The van der Waals surface area contributed by atoms with Gasteiger partial charge in [0, 0.05) is 24.7 Å². The highest BCUT2D eigenvalue weighted by atomic mass is 32.2. The van der Waals surface area contributed by atoms with E-state index in [2.05, 4.69) is 11.6 Å². The van der Waals surface area contributed by atoms with Crippen LogP contribution in [0.4, 0.5) is 0 Å². The first kappa shape index (κ1) is 17.9. The van der Waals surface area contributed by atoms with Crippen molar-refractivity contribution >= 4 is 15.9 Å². The molecule has 5 nitrogen and oxygen atoms in total. The predicted molar refractivity (Wildman–Crippen MR) is 91.7 cm³/mol. The summed E-state index contributed by atoms with van der Waals surface area (Å²) in [5.41, 5.74) is 1.52. The van der Waals surface area contributed by atoms with Gasteiger partial charge in [-0.05, 0) is 50.3 Å². The summed E-state index contributed by atoms with van der Waals surface area (Å²) in [6.07, 6.45) is 3.90. The normalized spacial score (nSPS) is 18.9. The molecule has 1 aliphatic heterocycles. The van der Waals surface area contributed by atoms with E-state index in [1.807, 2.05) is 24.0 Å². The zero-order valence-electron chi connectivity index (χ0n) is 13.9. The summed E-state index contributed by atoms with van der Waals surface area (Å²) in [7, 11) is -3.21. The van der Waals surface area contributed by atoms with Gasteiger partial charge in [-0.1, -0.05) is 19.1 Å². The van der Waals surface area contributed by atoms with E-state index in [-0.39, 0.29) is 24.2 Å². The third kappa shape index (κ3) is 5.04. The van der Waals surface area contributed by atoms with E-state index in [4.69, 9.17) is 0 Å². The van der Waals surface area contributed by atoms with Gasteiger partial charge in [0.05, 0.1) is 5.75 Å². The van der Waals surface area contributed by atoms with Crippen molar-refractivity contribution in [2.24, 2.45) is 0 Å². The minimum Gasteiger partial charge on any atom is -0.336 e. The second-order valence-corrected chi connectivity index (χ2v) is 8.11. The Morgan fingerprint density at radius 2 is 1.96 bits per heavy atom. The molecule has 0 saturated carbocycles. The number of carbonyl (C=O) groups excluding carboxylic acids is 1. The number of piperidine rings is 1. The van der Waals surface area contributed by atoms with Crippen LogP contribution in [0.5, 0.6) is 0 Å². The molecule has 1 saturated heterocycles. The highest BCUT2D eigenvalue weighted by molar-refractivity contribution is 7.89. The van der Waals surface area contributed by atoms with Crippen LogP contribution in [-0.4, -0.2) is 37.6 Å². The fourth-order valence-electron chi connectivity index (χ4n) is 2.87. The molecule has 0 bridgehead atoms. The van der Waals surface area contributed by atoms with Gasteiger partial charge >= 0.3 is 0 Å². The minimum absolute atomic E-state index is 0.0651. The fraction of sp³-hybridized carbons (Fsp3) is 0.588. The minimum atomic E-state index is -3.21. The summed E-state index contributed by atoms with van der Waals surface area (Å²) in [5.74, 6) is 0.200. The molecule has 6 heteroatoms.